The summed E-state index contributed by atoms with van der Waals surface area (Å²) in [5.41, 5.74) is 7.30. The van der Waals surface area contributed by atoms with Gasteiger partial charge >= 0.3 is 0 Å². The highest BCUT2D eigenvalue weighted by atomic mass is 35.5. The molecule has 5 nitrogen and oxygen atoms in total. The van der Waals surface area contributed by atoms with E-state index in [9.17, 15) is 14.3 Å². The standard InChI is InChI=1S/C21H26FN3O2.ClH/c22-17-3-1-2-15(12-17)19-9-6-16(13-24-19)21(27)25-18-7-4-14(5-8-18)20(26)10-11-23;/h1-3,6,9,12-14,18,20,26H,4-5,7-8,10-11,23H2,(H,25,27);1H. The van der Waals surface area contributed by atoms with E-state index in [0.717, 1.165) is 25.7 Å². The number of nitrogens with one attached hydrogen (secondary N) is 1. The van der Waals surface area contributed by atoms with Crippen molar-refractivity contribution in [1.29, 1.82) is 0 Å². The fourth-order valence-corrected chi connectivity index (χ4v) is 3.67. The second kappa shape index (κ2) is 10.5. The first-order valence-corrected chi connectivity index (χ1v) is 9.48. The van der Waals surface area contributed by atoms with Gasteiger partial charge in [-0.2, -0.15) is 0 Å². The molecule has 0 saturated heterocycles. The van der Waals surface area contributed by atoms with E-state index in [-0.39, 0.29) is 42.2 Å². The fourth-order valence-electron chi connectivity index (χ4n) is 3.67. The summed E-state index contributed by atoms with van der Waals surface area (Å²) in [5, 5.41) is 13.1. The SMILES string of the molecule is Cl.NCCC(O)C1CCC(NC(=O)c2ccc(-c3cccc(F)c3)nc2)CC1. The van der Waals surface area contributed by atoms with Crippen LogP contribution < -0.4 is 11.1 Å². The summed E-state index contributed by atoms with van der Waals surface area (Å²) in [7, 11) is 0. The van der Waals surface area contributed by atoms with Crippen LogP contribution in [0.5, 0.6) is 0 Å². The number of rotatable bonds is 6. The second-order valence-electron chi connectivity index (χ2n) is 7.17. The monoisotopic (exact) mass is 407 g/mol. The molecule has 152 valence electrons. The summed E-state index contributed by atoms with van der Waals surface area (Å²) < 4.78 is 13.3. The number of carbonyl (C=O) groups excluding carboxylic acids is 1. The molecule has 0 radical (unpaired) electrons. The molecule has 3 rings (SSSR count). The van der Waals surface area contributed by atoms with Crippen molar-refractivity contribution < 1.29 is 14.3 Å². The Morgan fingerprint density at radius 3 is 2.61 bits per heavy atom. The summed E-state index contributed by atoms with van der Waals surface area (Å²) in [4.78, 5) is 16.7. The average Bonchev–Trinajstić information content (AvgIpc) is 2.69. The van der Waals surface area contributed by atoms with Gasteiger partial charge in [-0.15, -0.1) is 12.4 Å². The van der Waals surface area contributed by atoms with E-state index in [0.29, 0.717) is 29.8 Å². The van der Waals surface area contributed by atoms with E-state index in [1.54, 1.807) is 24.3 Å². The number of aromatic nitrogens is 1. The van der Waals surface area contributed by atoms with E-state index in [4.69, 9.17) is 5.73 Å². The molecule has 1 atom stereocenters. The Morgan fingerprint density at radius 1 is 1.25 bits per heavy atom. The molecule has 2 aromatic rings. The third kappa shape index (κ3) is 5.74. The van der Waals surface area contributed by atoms with Gasteiger partial charge in [0, 0.05) is 17.8 Å². The van der Waals surface area contributed by atoms with Gasteiger partial charge in [0.15, 0.2) is 0 Å². The third-order valence-corrected chi connectivity index (χ3v) is 5.26. The maximum atomic E-state index is 13.3. The van der Waals surface area contributed by atoms with Crippen molar-refractivity contribution in [2.24, 2.45) is 11.7 Å². The van der Waals surface area contributed by atoms with Crippen molar-refractivity contribution in [3.8, 4) is 11.3 Å². The van der Waals surface area contributed by atoms with Crippen molar-refractivity contribution in [2.45, 2.75) is 44.2 Å². The largest absolute Gasteiger partial charge is 0.393 e. The van der Waals surface area contributed by atoms with Crippen molar-refractivity contribution in [3.05, 3.63) is 54.0 Å². The van der Waals surface area contributed by atoms with E-state index in [2.05, 4.69) is 10.3 Å². The maximum absolute atomic E-state index is 13.3. The van der Waals surface area contributed by atoms with Crippen LogP contribution in [0.3, 0.4) is 0 Å². The number of hydrogen-bond donors (Lipinski definition) is 3. The van der Waals surface area contributed by atoms with Crippen molar-refractivity contribution >= 4 is 18.3 Å². The average molecular weight is 408 g/mol. The summed E-state index contributed by atoms with van der Waals surface area (Å²) in [6.45, 7) is 0.496. The van der Waals surface area contributed by atoms with Gasteiger partial charge in [-0.1, -0.05) is 12.1 Å². The van der Waals surface area contributed by atoms with Crippen molar-refractivity contribution in [1.82, 2.24) is 10.3 Å². The lowest BCUT2D eigenvalue weighted by Gasteiger charge is -2.31. The molecule has 28 heavy (non-hydrogen) atoms. The highest BCUT2D eigenvalue weighted by molar-refractivity contribution is 5.94. The minimum Gasteiger partial charge on any atom is -0.393 e. The van der Waals surface area contributed by atoms with E-state index >= 15 is 0 Å². The Bertz CT molecular complexity index is 765. The number of hydrogen-bond acceptors (Lipinski definition) is 4. The van der Waals surface area contributed by atoms with Gasteiger partial charge in [0.2, 0.25) is 0 Å². The van der Waals surface area contributed by atoms with E-state index < -0.39 is 0 Å². The molecule has 1 aromatic carbocycles. The van der Waals surface area contributed by atoms with Gasteiger partial charge in [-0.25, -0.2) is 4.39 Å². The quantitative estimate of drug-likeness (QED) is 0.685. The number of nitrogens with two attached hydrogens (primary N) is 1. The first-order chi connectivity index (χ1) is 13.1. The second-order valence-corrected chi connectivity index (χ2v) is 7.17. The molecule has 1 saturated carbocycles. The number of pyridine rings is 1. The van der Waals surface area contributed by atoms with Gasteiger partial charge in [-0.3, -0.25) is 9.78 Å². The van der Waals surface area contributed by atoms with Gasteiger partial charge in [-0.05, 0) is 68.8 Å². The molecule has 4 N–H and O–H groups in total. The summed E-state index contributed by atoms with van der Waals surface area (Å²) in [6, 6.07) is 9.76. The molecule has 1 aliphatic rings. The van der Waals surface area contributed by atoms with Gasteiger partial charge in [0.1, 0.15) is 5.82 Å². The number of aliphatic hydroxyl groups excluding tert-OH is 1. The molecule has 1 aromatic heterocycles. The number of benzene rings is 1. The molecule has 1 unspecified atom stereocenters. The van der Waals surface area contributed by atoms with Crippen molar-refractivity contribution in [3.63, 3.8) is 0 Å². The van der Waals surface area contributed by atoms with Gasteiger partial charge < -0.3 is 16.2 Å². The summed E-state index contributed by atoms with van der Waals surface area (Å²) in [5.74, 6) is -0.198. The zero-order chi connectivity index (χ0) is 19.2. The topological polar surface area (TPSA) is 88.2 Å². The van der Waals surface area contributed by atoms with Crippen LogP contribution in [-0.4, -0.2) is 34.7 Å². The summed E-state index contributed by atoms with van der Waals surface area (Å²) >= 11 is 0. The molecule has 0 aliphatic heterocycles. The zero-order valence-corrected chi connectivity index (χ0v) is 16.5. The molecule has 1 heterocycles. The lowest BCUT2D eigenvalue weighted by Crippen LogP contribution is -2.39. The Balaban J connectivity index is 0.00000280. The van der Waals surface area contributed by atoms with Crippen LogP contribution in [0.1, 0.15) is 42.5 Å². The Morgan fingerprint density at radius 2 is 2.00 bits per heavy atom. The Labute approximate surface area is 171 Å². The van der Waals surface area contributed by atoms with Gasteiger partial charge in [0.05, 0.1) is 17.4 Å². The number of aliphatic hydroxyl groups is 1. The fraction of sp³-hybridized carbons (Fsp3) is 0.429. The molecule has 7 heteroatoms. The molecular weight excluding hydrogens is 381 g/mol. The lowest BCUT2D eigenvalue weighted by atomic mass is 9.81. The molecule has 0 bridgehead atoms. The predicted molar refractivity (Wildman–Crippen MR) is 110 cm³/mol. The zero-order valence-electron chi connectivity index (χ0n) is 15.7. The van der Waals surface area contributed by atoms with Crippen LogP contribution in [0.25, 0.3) is 11.3 Å². The molecular formula is C21H27ClFN3O2. The van der Waals surface area contributed by atoms with Crippen molar-refractivity contribution in [2.75, 3.05) is 6.54 Å². The lowest BCUT2D eigenvalue weighted by molar-refractivity contribution is 0.0701. The Hall–Kier alpha value is -2.02. The smallest absolute Gasteiger partial charge is 0.253 e. The first kappa shape index (κ1) is 22.3. The van der Waals surface area contributed by atoms with Crippen LogP contribution in [0.4, 0.5) is 4.39 Å². The number of nitrogens with zero attached hydrogens (tertiary/aromatic N) is 1. The molecule has 1 fully saturated rings. The number of carbonyl (C=O) groups is 1. The molecule has 1 aliphatic carbocycles. The molecule has 1 amide bonds. The molecule has 0 spiro atoms. The number of amides is 1. The van der Waals surface area contributed by atoms with Crippen LogP contribution in [0, 0.1) is 11.7 Å². The predicted octanol–water partition coefficient (Wildman–Crippen LogP) is 3.31. The highest BCUT2D eigenvalue weighted by Gasteiger charge is 2.27. The summed E-state index contributed by atoms with van der Waals surface area (Å²) in [6.07, 6.45) is 5.30. The minimum absolute atomic E-state index is 0. The first-order valence-electron chi connectivity index (χ1n) is 9.48. The van der Waals surface area contributed by atoms with Crippen LogP contribution in [-0.2, 0) is 0 Å². The number of halogens is 2. The van der Waals surface area contributed by atoms with Crippen LogP contribution in [0.2, 0.25) is 0 Å². The minimum atomic E-state index is -0.341. The van der Waals surface area contributed by atoms with E-state index in [1.807, 2.05) is 0 Å². The van der Waals surface area contributed by atoms with Crippen LogP contribution >= 0.6 is 12.4 Å². The maximum Gasteiger partial charge on any atom is 0.253 e. The Kier molecular flexibility index (Phi) is 8.35. The van der Waals surface area contributed by atoms with Crippen LogP contribution in [0.15, 0.2) is 42.6 Å². The normalized spacial score (nSPS) is 20.1. The highest BCUT2D eigenvalue weighted by Crippen LogP contribution is 2.28. The third-order valence-electron chi connectivity index (χ3n) is 5.26. The van der Waals surface area contributed by atoms with E-state index in [1.165, 1.54) is 18.3 Å². The van der Waals surface area contributed by atoms with Gasteiger partial charge in [0.25, 0.3) is 5.91 Å².